The quantitative estimate of drug-likeness (QED) is 0.615. The van der Waals surface area contributed by atoms with Gasteiger partial charge in [-0.1, -0.05) is 0 Å². The number of aldehydes is 1. The number of carbonyl (C=O) groups is 2. The van der Waals surface area contributed by atoms with Gasteiger partial charge in [-0.25, -0.2) is 4.79 Å². The van der Waals surface area contributed by atoms with Crippen LogP contribution in [-0.4, -0.2) is 17.4 Å². The van der Waals surface area contributed by atoms with Crippen LogP contribution in [0.5, 0.6) is 0 Å². The number of carboxylic acid groups (broad SMARTS) is 1. The summed E-state index contributed by atoms with van der Waals surface area (Å²) in [6.07, 6.45) is 2.76. The molecule has 0 aromatic heterocycles. The number of carboxylic acids is 1. The molecule has 4 nitrogen and oxygen atoms in total. The lowest BCUT2D eigenvalue weighted by atomic mass is 9.99. The second-order valence-electron chi connectivity index (χ2n) is 3.22. The Bertz CT molecular complexity index is 510. The highest BCUT2D eigenvalue weighted by Crippen LogP contribution is 2.17. The molecular weight excluding hydrogens is 206 g/mol. The van der Waals surface area contributed by atoms with Gasteiger partial charge in [-0.3, -0.25) is 4.79 Å². The van der Waals surface area contributed by atoms with Crippen LogP contribution >= 0.6 is 0 Å². The summed E-state index contributed by atoms with van der Waals surface area (Å²) in [5, 5.41) is 17.4. The number of hydrogen-bond acceptors (Lipinski definition) is 3. The highest BCUT2D eigenvalue weighted by molar-refractivity contribution is 5.90. The highest BCUT2D eigenvalue weighted by atomic mass is 16.4. The maximum Gasteiger partial charge on any atom is 0.328 e. The van der Waals surface area contributed by atoms with E-state index < -0.39 is 5.97 Å². The van der Waals surface area contributed by atoms with Crippen LogP contribution in [0.3, 0.4) is 0 Å². The molecule has 80 valence electrons. The zero-order valence-electron chi connectivity index (χ0n) is 8.60. The fraction of sp³-hybridized carbons (Fsp3) is 0.0833. The Balaban J connectivity index is 3.40. The van der Waals surface area contributed by atoms with Gasteiger partial charge >= 0.3 is 5.97 Å². The first-order valence-electron chi connectivity index (χ1n) is 4.49. The fourth-order valence-electron chi connectivity index (χ4n) is 1.36. The van der Waals surface area contributed by atoms with Crippen LogP contribution < -0.4 is 0 Å². The van der Waals surface area contributed by atoms with Gasteiger partial charge in [0.05, 0.1) is 11.6 Å². The number of hydrogen-bond donors (Lipinski definition) is 1. The monoisotopic (exact) mass is 215 g/mol. The van der Waals surface area contributed by atoms with Gasteiger partial charge in [0.15, 0.2) is 6.29 Å². The minimum Gasteiger partial charge on any atom is -0.478 e. The second kappa shape index (κ2) is 4.89. The maximum atomic E-state index is 10.8. The van der Waals surface area contributed by atoms with Gasteiger partial charge < -0.3 is 5.11 Å². The largest absolute Gasteiger partial charge is 0.478 e. The second-order valence-corrected chi connectivity index (χ2v) is 3.22. The molecule has 0 aliphatic heterocycles. The molecule has 0 spiro atoms. The molecular formula is C12H9NO3. The van der Waals surface area contributed by atoms with Crippen molar-refractivity contribution in [3.63, 3.8) is 0 Å². The first-order chi connectivity index (χ1) is 7.58. The molecule has 16 heavy (non-hydrogen) atoms. The molecule has 0 bridgehead atoms. The summed E-state index contributed by atoms with van der Waals surface area (Å²) < 4.78 is 0. The summed E-state index contributed by atoms with van der Waals surface area (Å²) in [5.41, 5.74) is 1.73. The van der Waals surface area contributed by atoms with Crippen LogP contribution in [0.4, 0.5) is 0 Å². The Morgan fingerprint density at radius 3 is 2.69 bits per heavy atom. The third kappa shape index (κ3) is 2.55. The van der Waals surface area contributed by atoms with Crippen molar-refractivity contribution in [2.75, 3.05) is 0 Å². The molecule has 0 aliphatic carbocycles. The number of benzene rings is 1. The Morgan fingerprint density at radius 2 is 2.19 bits per heavy atom. The van der Waals surface area contributed by atoms with Gasteiger partial charge in [0.25, 0.3) is 0 Å². The Morgan fingerprint density at radius 1 is 1.50 bits per heavy atom. The Labute approximate surface area is 92.4 Å². The molecule has 0 atom stereocenters. The molecule has 0 aliphatic rings. The van der Waals surface area contributed by atoms with E-state index in [-0.39, 0.29) is 0 Å². The van der Waals surface area contributed by atoms with Crippen LogP contribution in [0.1, 0.15) is 27.0 Å². The molecule has 0 saturated carbocycles. The zero-order valence-corrected chi connectivity index (χ0v) is 8.60. The molecule has 1 rings (SSSR count). The zero-order chi connectivity index (χ0) is 12.1. The molecule has 4 heteroatoms. The van der Waals surface area contributed by atoms with Crippen LogP contribution in [0.25, 0.3) is 6.08 Å². The van der Waals surface area contributed by atoms with E-state index in [4.69, 9.17) is 10.4 Å². The van der Waals surface area contributed by atoms with E-state index in [9.17, 15) is 9.59 Å². The van der Waals surface area contributed by atoms with E-state index in [1.807, 2.05) is 6.07 Å². The average molecular weight is 215 g/mol. The fourth-order valence-corrected chi connectivity index (χ4v) is 1.36. The Hall–Kier alpha value is -2.41. The lowest BCUT2D eigenvalue weighted by Crippen LogP contribution is -1.94. The third-order valence-corrected chi connectivity index (χ3v) is 2.00. The van der Waals surface area contributed by atoms with E-state index >= 15 is 0 Å². The summed E-state index contributed by atoms with van der Waals surface area (Å²) in [7, 11) is 0. The third-order valence-electron chi connectivity index (χ3n) is 2.00. The van der Waals surface area contributed by atoms with Crippen molar-refractivity contribution in [2.24, 2.45) is 0 Å². The molecule has 0 amide bonds. The van der Waals surface area contributed by atoms with Crippen molar-refractivity contribution in [3.8, 4) is 6.07 Å². The summed E-state index contributed by atoms with van der Waals surface area (Å²) in [5.74, 6) is -1.12. The van der Waals surface area contributed by atoms with Crippen LogP contribution in [0.2, 0.25) is 0 Å². The predicted octanol–water partition coefficient (Wildman–Crippen LogP) is 1.78. The lowest BCUT2D eigenvalue weighted by molar-refractivity contribution is -0.131. The van der Waals surface area contributed by atoms with Gasteiger partial charge in [-0.05, 0) is 30.7 Å². The van der Waals surface area contributed by atoms with Crippen molar-refractivity contribution >= 4 is 18.3 Å². The molecule has 0 fully saturated rings. The first-order valence-corrected chi connectivity index (χ1v) is 4.49. The molecule has 0 saturated heterocycles. The summed E-state index contributed by atoms with van der Waals surface area (Å²) in [6.45, 7) is 1.76. The number of nitriles is 1. The van der Waals surface area contributed by atoms with Crippen molar-refractivity contribution in [1.29, 1.82) is 5.26 Å². The van der Waals surface area contributed by atoms with Crippen LogP contribution in [-0.2, 0) is 4.79 Å². The van der Waals surface area contributed by atoms with E-state index in [1.165, 1.54) is 6.08 Å². The van der Waals surface area contributed by atoms with Crippen molar-refractivity contribution in [2.45, 2.75) is 6.92 Å². The highest BCUT2D eigenvalue weighted by Gasteiger charge is 2.06. The maximum absolute atomic E-state index is 10.8. The van der Waals surface area contributed by atoms with Gasteiger partial charge in [0.2, 0.25) is 0 Å². The molecule has 0 heterocycles. The van der Waals surface area contributed by atoms with E-state index in [0.717, 1.165) is 11.6 Å². The van der Waals surface area contributed by atoms with Gasteiger partial charge in [0, 0.05) is 17.2 Å². The smallest absolute Gasteiger partial charge is 0.328 e. The van der Waals surface area contributed by atoms with Gasteiger partial charge in [0.1, 0.15) is 0 Å². The van der Waals surface area contributed by atoms with E-state index in [0.29, 0.717) is 23.0 Å². The summed E-state index contributed by atoms with van der Waals surface area (Å²) in [4.78, 5) is 21.2. The number of aryl methyl sites for hydroxylation is 1. The molecule has 0 radical (unpaired) electrons. The predicted molar refractivity (Wildman–Crippen MR) is 58.0 cm³/mol. The van der Waals surface area contributed by atoms with Crippen molar-refractivity contribution in [3.05, 3.63) is 40.5 Å². The van der Waals surface area contributed by atoms with E-state index in [2.05, 4.69) is 0 Å². The minimum absolute atomic E-state index is 0.291. The number of carbonyl (C=O) groups excluding carboxylic acids is 1. The first kappa shape index (κ1) is 11.7. The topological polar surface area (TPSA) is 78.2 Å². The lowest BCUT2D eigenvalue weighted by Gasteiger charge is -2.03. The molecule has 1 aromatic rings. The average Bonchev–Trinajstić information content (AvgIpc) is 2.25. The summed E-state index contributed by atoms with van der Waals surface area (Å²) >= 11 is 0. The summed E-state index contributed by atoms with van der Waals surface area (Å²) in [6, 6.07) is 5.14. The van der Waals surface area contributed by atoms with Crippen molar-refractivity contribution in [1.82, 2.24) is 0 Å². The standard InChI is InChI=1S/C12H9NO3/c1-8-4-9(6-13)11(2-3-12(15)16)10(5-8)7-14/h2-5,7H,1H3,(H,15,16)/b3-2+. The minimum atomic E-state index is -1.12. The Kier molecular flexibility index (Phi) is 3.57. The normalized spacial score (nSPS) is 10.0. The van der Waals surface area contributed by atoms with E-state index in [1.54, 1.807) is 19.1 Å². The number of rotatable bonds is 3. The van der Waals surface area contributed by atoms with Crippen LogP contribution in [0, 0.1) is 18.3 Å². The van der Waals surface area contributed by atoms with Gasteiger partial charge in [-0.15, -0.1) is 0 Å². The molecule has 1 aromatic carbocycles. The van der Waals surface area contributed by atoms with Gasteiger partial charge in [-0.2, -0.15) is 5.26 Å². The van der Waals surface area contributed by atoms with Crippen LogP contribution in [0.15, 0.2) is 18.2 Å². The SMILES string of the molecule is Cc1cc(C#N)c(/C=C/C(=O)O)c(C=O)c1. The number of nitrogens with zero attached hydrogens (tertiary/aromatic N) is 1. The van der Waals surface area contributed by atoms with Crippen molar-refractivity contribution < 1.29 is 14.7 Å². The molecule has 1 N–H and O–H groups in total. The number of aliphatic carboxylic acids is 1. The molecule has 0 unspecified atom stereocenters.